The molecule has 3 atom stereocenters. The van der Waals surface area contributed by atoms with E-state index in [-0.39, 0.29) is 12.4 Å². The number of rotatable bonds is 5. The van der Waals surface area contributed by atoms with Crippen molar-refractivity contribution in [3.05, 3.63) is 107 Å². The smallest absolute Gasteiger partial charge is 0.0325 e. The third kappa shape index (κ3) is 5.20. The molecule has 2 aliphatic rings. The van der Waals surface area contributed by atoms with Crippen molar-refractivity contribution in [2.24, 2.45) is 0 Å². The normalized spacial score (nSPS) is 23.5. The van der Waals surface area contributed by atoms with Crippen LogP contribution < -0.4 is 5.32 Å². The lowest BCUT2D eigenvalue weighted by Crippen LogP contribution is -2.49. The maximum atomic E-state index is 4.12. The lowest BCUT2D eigenvalue weighted by molar-refractivity contribution is 0.158. The Bertz CT molecular complexity index is 943. The molecule has 1 saturated heterocycles. The Balaban J connectivity index is 0.00000231. The Labute approximate surface area is 193 Å². The van der Waals surface area contributed by atoms with Crippen molar-refractivity contribution in [1.29, 1.82) is 0 Å². The minimum Gasteiger partial charge on any atom is -0.306 e. The number of nitrogens with zero attached hydrogens (tertiary/aromatic N) is 1. The number of hydrogen-bond acceptors (Lipinski definition) is 2. The molecule has 5 rings (SSSR count). The van der Waals surface area contributed by atoms with Gasteiger partial charge in [0.1, 0.15) is 0 Å². The van der Waals surface area contributed by atoms with E-state index in [9.17, 15) is 0 Å². The lowest BCUT2D eigenvalue weighted by atomic mass is 9.82. The van der Waals surface area contributed by atoms with Crippen molar-refractivity contribution in [2.45, 2.75) is 50.2 Å². The predicted molar refractivity (Wildman–Crippen MR) is 132 cm³/mol. The third-order valence-corrected chi connectivity index (χ3v) is 6.96. The molecule has 1 fully saturated rings. The number of nitrogens with one attached hydrogen (secondary N) is 1. The molecule has 0 saturated carbocycles. The Kier molecular flexibility index (Phi) is 7.45. The van der Waals surface area contributed by atoms with Crippen molar-refractivity contribution in [3.8, 4) is 0 Å². The first-order chi connectivity index (χ1) is 14.9. The van der Waals surface area contributed by atoms with Crippen LogP contribution in [-0.4, -0.2) is 24.0 Å². The van der Waals surface area contributed by atoms with E-state index in [0.717, 1.165) is 19.6 Å². The predicted octanol–water partition coefficient (Wildman–Crippen LogP) is 6.13. The average molecular weight is 433 g/mol. The van der Waals surface area contributed by atoms with Crippen LogP contribution in [0.25, 0.3) is 0 Å². The number of hydrogen-bond donors (Lipinski definition) is 1. The van der Waals surface area contributed by atoms with Gasteiger partial charge in [0.05, 0.1) is 0 Å². The van der Waals surface area contributed by atoms with Crippen molar-refractivity contribution < 1.29 is 0 Å². The van der Waals surface area contributed by atoms with E-state index in [2.05, 4.69) is 95.1 Å². The minimum absolute atomic E-state index is 0. The molecule has 1 aliphatic heterocycles. The van der Waals surface area contributed by atoms with Gasteiger partial charge in [0.2, 0.25) is 0 Å². The second-order valence-electron chi connectivity index (χ2n) is 8.94. The second-order valence-corrected chi connectivity index (χ2v) is 8.94. The van der Waals surface area contributed by atoms with E-state index in [1.54, 1.807) is 5.56 Å². The van der Waals surface area contributed by atoms with Crippen LogP contribution >= 0.6 is 12.4 Å². The second kappa shape index (κ2) is 10.5. The maximum absolute atomic E-state index is 4.12. The van der Waals surface area contributed by atoms with Crippen LogP contribution in [0.1, 0.15) is 53.5 Å². The van der Waals surface area contributed by atoms with Gasteiger partial charge >= 0.3 is 0 Å². The zero-order valence-corrected chi connectivity index (χ0v) is 18.9. The zero-order chi connectivity index (χ0) is 20.2. The van der Waals surface area contributed by atoms with Crippen LogP contribution in [0.4, 0.5) is 0 Å². The van der Waals surface area contributed by atoms with Crippen molar-refractivity contribution in [3.63, 3.8) is 0 Å². The topological polar surface area (TPSA) is 15.3 Å². The fraction of sp³-hybridized carbons (Fsp3) is 0.357. The number of benzene rings is 3. The highest BCUT2D eigenvalue weighted by Gasteiger charge is 2.33. The standard InChI is InChI=1S/C28H32N2.ClH/c1-3-10-22(11-4-1)20-30-19-18-28(26(21-30)24-12-5-2-6-13-24)29-27-17-9-15-23-14-7-8-16-25(23)27;/h1-8,10-14,16,26-29H,9,15,17-21H2;1H. The Morgan fingerprint density at radius 2 is 1.52 bits per heavy atom. The molecule has 0 bridgehead atoms. The molecule has 2 nitrogen and oxygen atoms in total. The van der Waals surface area contributed by atoms with Crippen LogP contribution in [-0.2, 0) is 13.0 Å². The molecular weight excluding hydrogens is 400 g/mol. The van der Waals surface area contributed by atoms with Crippen molar-refractivity contribution in [2.75, 3.05) is 13.1 Å². The quantitative estimate of drug-likeness (QED) is 0.521. The highest BCUT2D eigenvalue weighted by molar-refractivity contribution is 5.85. The lowest BCUT2D eigenvalue weighted by Gasteiger charge is -2.42. The number of halogens is 1. The summed E-state index contributed by atoms with van der Waals surface area (Å²) in [5, 5.41) is 4.12. The first kappa shape index (κ1) is 22.1. The van der Waals surface area contributed by atoms with E-state index in [0.29, 0.717) is 18.0 Å². The maximum Gasteiger partial charge on any atom is 0.0325 e. The fourth-order valence-electron chi connectivity index (χ4n) is 5.43. The van der Waals surface area contributed by atoms with E-state index < -0.39 is 0 Å². The first-order valence-corrected chi connectivity index (χ1v) is 11.5. The Morgan fingerprint density at radius 1 is 0.806 bits per heavy atom. The summed E-state index contributed by atoms with van der Waals surface area (Å²) < 4.78 is 0. The monoisotopic (exact) mass is 432 g/mol. The summed E-state index contributed by atoms with van der Waals surface area (Å²) in [5.41, 5.74) is 5.95. The Morgan fingerprint density at radius 3 is 2.32 bits per heavy atom. The van der Waals surface area contributed by atoms with Gasteiger partial charge in [-0.3, -0.25) is 4.90 Å². The van der Waals surface area contributed by atoms with E-state index in [1.807, 2.05) is 0 Å². The van der Waals surface area contributed by atoms with Crippen LogP contribution in [0.15, 0.2) is 84.9 Å². The molecule has 31 heavy (non-hydrogen) atoms. The number of likely N-dealkylation sites (tertiary alicyclic amines) is 1. The molecule has 0 amide bonds. The van der Waals surface area contributed by atoms with Gasteiger partial charge in [-0.05, 0) is 47.9 Å². The van der Waals surface area contributed by atoms with Crippen LogP contribution in [0.3, 0.4) is 0 Å². The summed E-state index contributed by atoms with van der Waals surface area (Å²) in [4.78, 5) is 2.64. The number of fused-ring (bicyclic) bond motifs is 1. The van der Waals surface area contributed by atoms with Gasteiger partial charge < -0.3 is 5.32 Å². The minimum atomic E-state index is 0. The van der Waals surface area contributed by atoms with Gasteiger partial charge in [-0.2, -0.15) is 0 Å². The molecule has 1 heterocycles. The van der Waals surface area contributed by atoms with Gasteiger partial charge in [-0.15, -0.1) is 12.4 Å². The average Bonchev–Trinajstić information content (AvgIpc) is 2.81. The Hall–Kier alpha value is -2.13. The number of aryl methyl sites for hydroxylation is 1. The van der Waals surface area contributed by atoms with Crippen LogP contribution in [0, 0.1) is 0 Å². The van der Waals surface area contributed by atoms with Gasteiger partial charge in [0, 0.05) is 37.6 Å². The largest absolute Gasteiger partial charge is 0.306 e. The molecule has 1 N–H and O–H groups in total. The van der Waals surface area contributed by atoms with E-state index in [1.165, 1.54) is 42.4 Å². The van der Waals surface area contributed by atoms with Crippen molar-refractivity contribution >= 4 is 12.4 Å². The van der Waals surface area contributed by atoms with Gasteiger partial charge in [-0.1, -0.05) is 84.9 Å². The summed E-state index contributed by atoms with van der Waals surface area (Å²) in [6.07, 6.45) is 4.97. The summed E-state index contributed by atoms with van der Waals surface area (Å²) in [6, 6.07) is 32.1. The first-order valence-electron chi connectivity index (χ1n) is 11.5. The van der Waals surface area contributed by atoms with Crippen LogP contribution in [0.2, 0.25) is 0 Å². The molecule has 3 heteroatoms. The molecule has 0 radical (unpaired) electrons. The van der Waals surface area contributed by atoms with E-state index in [4.69, 9.17) is 0 Å². The van der Waals surface area contributed by atoms with Crippen molar-refractivity contribution in [1.82, 2.24) is 10.2 Å². The molecule has 3 unspecified atom stereocenters. The molecular formula is C28H33ClN2. The third-order valence-electron chi connectivity index (χ3n) is 6.96. The highest BCUT2D eigenvalue weighted by Crippen LogP contribution is 2.34. The van der Waals surface area contributed by atoms with Crippen LogP contribution in [0.5, 0.6) is 0 Å². The molecule has 3 aromatic rings. The molecule has 3 aromatic carbocycles. The summed E-state index contributed by atoms with van der Waals surface area (Å²) in [7, 11) is 0. The molecule has 162 valence electrons. The van der Waals surface area contributed by atoms with Gasteiger partial charge in [0.25, 0.3) is 0 Å². The number of piperidine rings is 1. The van der Waals surface area contributed by atoms with Gasteiger partial charge in [-0.25, -0.2) is 0 Å². The fourth-order valence-corrected chi connectivity index (χ4v) is 5.43. The highest BCUT2D eigenvalue weighted by atomic mass is 35.5. The summed E-state index contributed by atoms with van der Waals surface area (Å²) in [6.45, 7) is 3.32. The zero-order valence-electron chi connectivity index (χ0n) is 18.1. The molecule has 0 spiro atoms. The van der Waals surface area contributed by atoms with Gasteiger partial charge in [0.15, 0.2) is 0 Å². The van der Waals surface area contributed by atoms with E-state index >= 15 is 0 Å². The molecule has 1 aliphatic carbocycles. The summed E-state index contributed by atoms with van der Waals surface area (Å²) in [5.74, 6) is 0.526. The SMILES string of the molecule is Cl.c1ccc(CN2CCC(NC3CCCc4ccccc43)C(c3ccccc3)C2)cc1. The summed E-state index contributed by atoms with van der Waals surface area (Å²) >= 11 is 0. The molecule has 0 aromatic heterocycles.